The van der Waals surface area contributed by atoms with Crippen molar-refractivity contribution in [3.05, 3.63) is 138 Å². The van der Waals surface area contributed by atoms with E-state index >= 15 is 0 Å². The van der Waals surface area contributed by atoms with E-state index in [1.54, 1.807) is 0 Å². The molecule has 0 bridgehead atoms. The highest BCUT2D eigenvalue weighted by molar-refractivity contribution is 7.90. The second-order valence-corrected chi connectivity index (χ2v) is 22.4. The van der Waals surface area contributed by atoms with Gasteiger partial charge in [0, 0.05) is 35.6 Å². The number of rotatable bonds is 11. The number of benzene rings is 4. The molecule has 0 saturated carbocycles. The molecule has 1 unspecified atom stereocenters. The fraction of sp³-hybridized carbons (Fsp3) is 0.318. The smallest absolute Gasteiger partial charge is 0.270 e. The summed E-state index contributed by atoms with van der Waals surface area (Å²) in [5, 5.41) is 5.30. The van der Waals surface area contributed by atoms with Gasteiger partial charge in [0.1, 0.15) is 10.4 Å². The first kappa shape index (κ1) is 37.8. The lowest BCUT2D eigenvalue weighted by Gasteiger charge is -2.43. The summed E-state index contributed by atoms with van der Waals surface area (Å²) in [6.07, 6.45) is 0.594. The molecule has 0 saturated heterocycles. The number of carbonyl (C=O) groups excluding carboxylic acids is 1. The second kappa shape index (κ2) is 15.4. The summed E-state index contributed by atoms with van der Waals surface area (Å²) in [4.78, 5) is 18.9. The quantitative estimate of drug-likeness (QED) is 0.109. The molecule has 3 heterocycles. The Morgan fingerprint density at radius 1 is 0.870 bits per heavy atom. The summed E-state index contributed by atoms with van der Waals surface area (Å²) in [6, 6.07) is 38.5. The van der Waals surface area contributed by atoms with Gasteiger partial charge >= 0.3 is 0 Å². The molecule has 1 amide bonds. The predicted octanol–water partition coefficient (Wildman–Crippen LogP) is 7.69. The van der Waals surface area contributed by atoms with Crippen LogP contribution in [0.15, 0.2) is 115 Å². The Morgan fingerprint density at radius 2 is 1.48 bits per heavy atom. The molecule has 0 fully saturated rings. The van der Waals surface area contributed by atoms with Crippen LogP contribution in [0, 0.1) is 0 Å². The number of aromatic nitrogens is 1. The van der Waals surface area contributed by atoms with Crippen molar-refractivity contribution >= 4 is 36.0 Å². The number of nitrogens with one attached hydrogen (secondary N) is 1. The van der Waals surface area contributed by atoms with Crippen molar-refractivity contribution in [3.8, 4) is 22.8 Å². The van der Waals surface area contributed by atoms with Crippen LogP contribution >= 0.6 is 0 Å². The molecular formula is C44H49N3O5SSi. The highest BCUT2D eigenvalue weighted by Crippen LogP contribution is 2.46. The third-order valence-corrected chi connectivity index (χ3v) is 17.1. The Labute approximate surface area is 323 Å². The summed E-state index contributed by atoms with van der Waals surface area (Å²) in [5.41, 5.74) is 4.79. The summed E-state index contributed by atoms with van der Waals surface area (Å²) < 4.78 is 34.3. The molecule has 0 spiro atoms. The Kier molecular flexibility index (Phi) is 10.8. The van der Waals surface area contributed by atoms with E-state index in [4.69, 9.17) is 18.9 Å². The molecule has 280 valence electrons. The number of fused-ring (bicyclic) bond motifs is 2. The minimum absolute atomic E-state index is 0.184. The Morgan fingerprint density at radius 3 is 2.09 bits per heavy atom. The number of hydrogen-bond acceptors (Lipinski definition) is 7. The first-order valence-corrected chi connectivity index (χ1v) is 21.6. The lowest BCUT2D eigenvalue weighted by atomic mass is 9.96. The van der Waals surface area contributed by atoms with Crippen LogP contribution in [0.2, 0.25) is 5.04 Å². The van der Waals surface area contributed by atoms with E-state index < -0.39 is 24.4 Å². The molecule has 0 radical (unpaired) electrons. The molecule has 8 nitrogen and oxygen atoms in total. The molecule has 7 rings (SSSR count). The second-order valence-electron chi connectivity index (χ2n) is 15.9. The average Bonchev–Trinajstić information content (AvgIpc) is 3.79. The van der Waals surface area contributed by atoms with Crippen LogP contribution in [-0.4, -0.2) is 46.2 Å². The van der Waals surface area contributed by atoms with Gasteiger partial charge in [0.05, 0.1) is 18.3 Å². The number of hydrogen-bond donors (Lipinski definition) is 1. The van der Waals surface area contributed by atoms with Crippen molar-refractivity contribution in [2.24, 2.45) is 0 Å². The summed E-state index contributed by atoms with van der Waals surface area (Å²) in [7, 11) is -2.82. The number of carbonyl (C=O) groups is 1. The molecule has 5 aromatic rings. The van der Waals surface area contributed by atoms with Crippen LogP contribution in [0.4, 0.5) is 0 Å². The third-order valence-electron chi connectivity index (χ3n) is 10.2. The van der Waals surface area contributed by atoms with Crippen LogP contribution in [0.5, 0.6) is 11.5 Å². The van der Waals surface area contributed by atoms with E-state index in [0.29, 0.717) is 43.3 Å². The van der Waals surface area contributed by atoms with Gasteiger partial charge in [-0.1, -0.05) is 118 Å². The van der Waals surface area contributed by atoms with Crippen LogP contribution in [0.25, 0.3) is 11.3 Å². The van der Waals surface area contributed by atoms with Crippen LogP contribution < -0.4 is 25.2 Å². The van der Waals surface area contributed by atoms with Gasteiger partial charge in [0.15, 0.2) is 11.5 Å². The topological polar surface area (TPSA) is 96.0 Å². The minimum Gasteiger partial charge on any atom is -0.597 e. The highest BCUT2D eigenvalue weighted by Gasteiger charge is 2.51. The van der Waals surface area contributed by atoms with Crippen LogP contribution in [0.1, 0.15) is 81.2 Å². The van der Waals surface area contributed by atoms with E-state index in [-0.39, 0.29) is 23.8 Å². The molecule has 2 atom stereocenters. The standard InChI is InChI=1S/C44H49N3O5SSi/c1-43(2,3)53(49)47-29-33-27-36(42(48)45-28-31-22-23-38-39(26-31)51-30-50-38)46-41(32-16-10-7-11-17-32)40(33)37(47)24-25-52-54(44(4,5)6,34-18-12-8-13-19-34)35-20-14-9-15-21-35/h7-23,26-27,37H,24-25,28-30H2,1-6H3,(H,45,48)/t37-,53?/m1/s1. The third kappa shape index (κ3) is 7.46. The Hall–Kier alpha value is -4.45. The number of amides is 1. The zero-order valence-electron chi connectivity index (χ0n) is 31.9. The molecule has 10 heteroatoms. The molecule has 2 aliphatic heterocycles. The minimum atomic E-state index is -2.82. The number of ether oxygens (including phenoxy) is 2. The van der Waals surface area contributed by atoms with Crippen molar-refractivity contribution in [3.63, 3.8) is 0 Å². The highest BCUT2D eigenvalue weighted by atomic mass is 32.2. The maximum atomic E-state index is 14.4. The Bertz CT molecular complexity index is 2050. The van der Waals surface area contributed by atoms with Gasteiger partial charge in [-0.2, -0.15) is 0 Å². The molecular weight excluding hydrogens is 711 g/mol. The molecule has 1 N–H and O–H groups in total. The normalized spacial score (nSPS) is 16.2. The van der Waals surface area contributed by atoms with Gasteiger partial charge in [-0.3, -0.25) is 4.79 Å². The fourth-order valence-corrected chi connectivity index (χ4v) is 13.7. The van der Waals surface area contributed by atoms with Crippen molar-refractivity contribution in [1.82, 2.24) is 14.6 Å². The van der Waals surface area contributed by atoms with Gasteiger partial charge in [-0.15, -0.1) is 4.31 Å². The predicted molar refractivity (Wildman–Crippen MR) is 218 cm³/mol. The zero-order valence-corrected chi connectivity index (χ0v) is 33.7. The number of nitrogens with zero attached hydrogens (tertiary/aromatic N) is 2. The van der Waals surface area contributed by atoms with Crippen LogP contribution in [0.3, 0.4) is 0 Å². The lowest BCUT2D eigenvalue weighted by molar-refractivity contribution is 0.0945. The Balaban J connectivity index is 1.25. The van der Waals surface area contributed by atoms with E-state index in [1.807, 2.05) is 75.4 Å². The largest absolute Gasteiger partial charge is 0.597 e. The summed E-state index contributed by atoms with van der Waals surface area (Å²) in [5.74, 6) is 1.08. The summed E-state index contributed by atoms with van der Waals surface area (Å²) in [6.45, 7) is 14.2. The monoisotopic (exact) mass is 759 g/mol. The van der Waals surface area contributed by atoms with Gasteiger partial charge in [0.2, 0.25) is 6.79 Å². The number of pyridine rings is 1. The SMILES string of the molecule is CC(C)(C)[S+]([O-])N1Cc2cc(C(=O)NCc3ccc4c(c3)OCO4)nc(-c3ccccc3)c2[C@H]1CCO[Si](c1ccccc1)(c1ccccc1)C(C)(C)C. The van der Waals surface area contributed by atoms with Crippen molar-refractivity contribution in [2.75, 3.05) is 13.4 Å². The van der Waals surface area contributed by atoms with E-state index in [0.717, 1.165) is 27.9 Å². The van der Waals surface area contributed by atoms with Crippen LogP contribution in [-0.2, 0) is 28.9 Å². The maximum Gasteiger partial charge on any atom is 0.270 e. The molecule has 2 aliphatic rings. The lowest BCUT2D eigenvalue weighted by Crippen LogP contribution is -2.66. The van der Waals surface area contributed by atoms with Gasteiger partial charge < -0.3 is 23.8 Å². The van der Waals surface area contributed by atoms with Gasteiger partial charge in [-0.25, -0.2) is 4.98 Å². The van der Waals surface area contributed by atoms with Gasteiger partial charge in [-0.05, 0) is 71.9 Å². The zero-order chi connectivity index (χ0) is 38.1. The molecule has 1 aromatic heterocycles. The molecule has 54 heavy (non-hydrogen) atoms. The van der Waals surface area contributed by atoms with E-state index in [9.17, 15) is 9.35 Å². The van der Waals surface area contributed by atoms with Gasteiger partial charge in [0.25, 0.3) is 14.2 Å². The van der Waals surface area contributed by atoms with Crippen molar-refractivity contribution < 1.29 is 23.2 Å². The van der Waals surface area contributed by atoms with E-state index in [2.05, 4.69) is 91.1 Å². The van der Waals surface area contributed by atoms with E-state index in [1.165, 1.54) is 10.4 Å². The summed E-state index contributed by atoms with van der Waals surface area (Å²) >= 11 is -1.35. The van der Waals surface area contributed by atoms with Crippen molar-refractivity contribution in [1.29, 1.82) is 0 Å². The van der Waals surface area contributed by atoms with Crippen molar-refractivity contribution in [2.45, 2.75) is 76.9 Å². The first-order valence-electron chi connectivity index (χ1n) is 18.6. The molecule has 4 aromatic carbocycles. The maximum absolute atomic E-state index is 14.4. The average molecular weight is 760 g/mol. The molecule has 0 aliphatic carbocycles. The first-order chi connectivity index (χ1) is 25.9. The fourth-order valence-electron chi connectivity index (χ4n) is 7.69.